The zero-order valence-corrected chi connectivity index (χ0v) is 12.4. The van der Waals surface area contributed by atoms with E-state index in [2.05, 4.69) is 10.3 Å². The minimum absolute atomic E-state index is 0.0234. The molecule has 3 heteroatoms. The Bertz CT molecular complexity index is 620. The van der Waals surface area contributed by atoms with Crippen molar-refractivity contribution in [2.75, 3.05) is 0 Å². The van der Waals surface area contributed by atoms with Gasteiger partial charge in [-0.2, -0.15) is 0 Å². The Morgan fingerprint density at radius 3 is 2.40 bits per heavy atom. The van der Waals surface area contributed by atoms with Crippen LogP contribution in [-0.4, -0.2) is 10.9 Å². The Labute approximate surface area is 120 Å². The zero-order valence-electron chi connectivity index (χ0n) is 12.4. The molecule has 2 aromatic rings. The van der Waals surface area contributed by atoms with Gasteiger partial charge < -0.3 is 5.32 Å². The maximum Gasteiger partial charge on any atom is 0.253 e. The number of benzene rings is 1. The molecule has 1 aromatic carbocycles. The lowest BCUT2D eigenvalue weighted by molar-refractivity contribution is 0.0938. The Morgan fingerprint density at radius 1 is 1.10 bits per heavy atom. The minimum Gasteiger partial charge on any atom is -0.345 e. The highest BCUT2D eigenvalue weighted by atomic mass is 16.1. The molecule has 0 bridgehead atoms. The second-order valence-electron chi connectivity index (χ2n) is 5.13. The molecule has 0 saturated carbocycles. The lowest BCUT2D eigenvalue weighted by Gasteiger charge is -2.15. The molecule has 2 rings (SSSR count). The smallest absolute Gasteiger partial charge is 0.253 e. The summed E-state index contributed by atoms with van der Waals surface area (Å²) in [6.07, 6.45) is 0. The number of aromatic nitrogens is 1. The molecule has 3 nitrogen and oxygen atoms in total. The molecule has 1 atom stereocenters. The summed E-state index contributed by atoms with van der Waals surface area (Å²) in [5.41, 5.74) is 4.51. The highest BCUT2D eigenvalue weighted by Crippen LogP contribution is 2.15. The van der Waals surface area contributed by atoms with Gasteiger partial charge in [-0.3, -0.25) is 9.78 Å². The van der Waals surface area contributed by atoms with Gasteiger partial charge >= 0.3 is 0 Å². The number of aryl methyl sites for hydroxylation is 3. The van der Waals surface area contributed by atoms with Gasteiger partial charge in [0.1, 0.15) is 0 Å². The van der Waals surface area contributed by atoms with Crippen LogP contribution in [-0.2, 0) is 0 Å². The first-order valence-corrected chi connectivity index (χ1v) is 6.79. The topological polar surface area (TPSA) is 42.0 Å². The molecule has 20 heavy (non-hydrogen) atoms. The van der Waals surface area contributed by atoms with Crippen LogP contribution in [0.25, 0.3) is 0 Å². The van der Waals surface area contributed by atoms with Crippen LogP contribution in [0.2, 0.25) is 0 Å². The predicted octanol–water partition coefficient (Wildman–Crippen LogP) is 3.50. The standard InChI is InChI=1S/C17H20N2O/c1-11-10-16(14(4)18-12(11)2)17(20)19-13(3)15-8-6-5-7-9-15/h5-10,13H,1-4H3,(H,19,20)/t13-/m0/s1. The molecule has 1 amide bonds. The van der Waals surface area contributed by atoms with Gasteiger partial charge in [-0.25, -0.2) is 0 Å². The Balaban J connectivity index is 2.19. The van der Waals surface area contributed by atoms with E-state index in [1.54, 1.807) is 0 Å². The largest absolute Gasteiger partial charge is 0.345 e. The van der Waals surface area contributed by atoms with Crippen molar-refractivity contribution in [3.63, 3.8) is 0 Å². The quantitative estimate of drug-likeness (QED) is 0.925. The zero-order chi connectivity index (χ0) is 14.7. The molecule has 0 aliphatic heterocycles. The molecule has 0 spiro atoms. The van der Waals surface area contributed by atoms with Gasteiger partial charge in [0.25, 0.3) is 5.91 Å². The monoisotopic (exact) mass is 268 g/mol. The number of pyridine rings is 1. The van der Waals surface area contributed by atoms with Gasteiger partial charge in [0, 0.05) is 5.69 Å². The highest BCUT2D eigenvalue weighted by molar-refractivity contribution is 5.95. The molecule has 0 saturated heterocycles. The van der Waals surface area contributed by atoms with Gasteiger partial charge in [0.2, 0.25) is 0 Å². The van der Waals surface area contributed by atoms with Gasteiger partial charge in [-0.05, 0) is 44.9 Å². The van der Waals surface area contributed by atoms with Crippen molar-refractivity contribution in [2.45, 2.75) is 33.7 Å². The number of amides is 1. The SMILES string of the molecule is Cc1cc(C(=O)N[C@@H](C)c2ccccc2)c(C)nc1C. The van der Waals surface area contributed by atoms with E-state index in [4.69, 9.17) is 0 Å². The number of rotatable bonds is 3. The van der Waals surface area contributed by atoms with Crippen LogP contribution in [0.5, 0.6) is 0 Å². The average Bonchev–Trinajstić information content (AvgIpc) is 2.43. The molecule has 0 aliphatic rings. The van der Waals surface area contributed by atoms with Crippen molar-refractivity contribution in [3.8, 4) is 0 Å². The summed E-state index contributed by atoms with van der Waals surface area (Å²) in [6.45, 7) is 7.78. The summed E-state index contributed by atoms with van der Waals surface area (Å²) < 4.78 is 0. The molecule has 0 aliphatic carbocycles. The van der Waals surface area contributed by atoms with Gasteiger partial charge in [-0.15, -0.1) is 0 Å². The summed E-state index contributed by atoms with van der Waals surface area (Å²) in [5.74, 6) is -0.0746. The fourth-order valence-corrected chi connectivity index (χ4v) is 2.15. The molecule has 0 radical (unpaired) electrons. The molecule has 0 fully saturated rings. The molecule has 1 heterocycles. The summed E-state index contributed by atoms with van der Waals surface area (Å²) >= 11 is 0. The summed E-state index contributed by atoms with van der Waals surface area (Å²) in [6, 6.07) is 11.8. The molecule has 1 aromatic heterocycles. The van der Waals surface area contributed by atoms with Crippen LogP contribution in [0.3, 0.4) is 0 Å². The Kier molecular flexibility index (Phi) is 4.18. The van der Waals surface area contributed by atoms with E-state index < -0.39 is 0 Å². The van der Waals surface area contributed by atoms with Crippen molar-refractivity contribution in [2.24, 2.45) is 0 Å². The van der Waals surface area contributed by atoms with E-state index in [-0.39, 0.29) is 11.9 Å². The third-order valence-electron chi connectivity index (χ3n) is 3.55. The first-order chi connectivity index (χ1) is 9.49. The minimum atomic E-state index is -0.0746. The van der Waals surface area contributed by atoms with Crippen molar-refractivity contribution in [1.29, 1.82) is 0 Å². The fourth-order valence-electron chi connectivity index (χ4n) is 2.15. The van der Waals surface area contributed by atoms with E-state index in [9.17, 15) is 4.79 Å². The van der Waals surface area contributed by atoms with Gasteiger partial charge in [0.15, 0.2) is 0 Å². The number of carbonyl (C=O) groups is 1. The lowest BCUT2D eigenvalue weighted by Crippen LogP contribution is -2.27. The summed E-state index contributed by atoms with van der Waals surface area (Å²) in [5, 5.41) is 3.02. The number of nitrogens with zero attached hydrogens (tertiary/aromatic N) is 1. The average molecular weight is 268 g/mol. The molecular weight excluding hydrogens is 248 g/mol. The normalized spacial score (nSPS) is 12.0. The summed E-state index contributed by atoms with van der Waals surface area (Å²) in [7, 11) is 0. The van der Waals surface area contributed by atoms with Crippen LogP contribution in [0.1, 0.15) is 45.8 Å². The van der Waals surface area contributed by atoms with Crippen LogP contribution in [0, 0.1) is 20.8 Å². The molecule has 104 valence electrons. The predicted molar refractivity (Wildman–Crippen MR) is 80.8 cm³/mol. The third kappa shape index (κ3) is 3.05. The second-order valence-corrected chi connectivity index (χ2v) is 5.13. The summed E-state index contributed by atoms with van der Waals surface area (Å²) in [4.78, 5) is 16.8. The van der Waals surface area contributed by atoms with Crippen molar-refractivity contribution in [3.05, 3.63) is 64.5 Å². The Hall–Kier alpha value is -2.16. The van der Waals surface area contributed by atoms with Crippen LogP contribution in [0.15, 0.2) is 36.4 Å². The van der Waals surface area contributed by atoms with Crippen molar-refractivity contribution >= 4 is 5.91 Å². The first kappa shape index (κ1) is 14.3. The lowest BCUT2D eigenvalue weighted by atomic mass is 10.1. The van der Waals surface area contributed by atoms with Crippen LogP contribution < -0.4 is 5.32 Å². The van der Waals surface area contributed by atoms with E-state index in [1.165, 1.54) is 0 Å². The van der Waals surface area contributed by atoms with Crippen molar-refractivity contribution < 1.29 is 4.79 Å². The van der Waals surface area contributed by atoms with Crippen molar-refractivity contribution in [1.82, 2.24) is 10.3 Å². The molecular formula is C17H20N2O. The van der Waals surface area contributed by atoms with Crippen LogP contribution >= 0.6 is 0 Å². The van der Waals surface area contributed by atoms with E-state index >= 15 is 0 Å². The maximum atomic E-state index is 12.4. The highest BCUT2D eigenvalue weighted by Gasteiger charge is 2.15. The molecule has 0 unspecified atom stereocenters. The second kappa shape index (κ2) is 5.87. The van der Waals surface area contributed by atoms with E-state index in [0.29, 0.717) is 5.56 Å². The number of carbonyl (C=O) groups excluding carboxylic acids is 1. The van der Waals surface area contributed by atoms with Gasteiger partial charge in [-0.1, -0.05) is 30.3 Å². The van der Waals surface area contributed by atoms with E-state index in [1.807, 2.05) is 64.1 Å². The fraction of sp³-hybridized carbons (Fsp3) is 0.294. The van der Waals surface area contributed by atoms with Gasteiger partial charge in [0.05, 0.1) is 17.3 Å². The Morgan fingerprint density at radius 2 is 1.75 bits per heavy atom. The number of nitrogens with one attached hydrogen (secondary N) is 1. The maximum absolute atomic E-state index is 12.4. The third-order valence-corrected chi connectivity index (χ3v) is 3.55. The number of hydrogen-bond donors (Lipinski definition) is 1. The van der Waals surface area contributed by atoms with Crippen LogP contribution in [0.4, 0.5) is 0 Å². The number of hydrogen-bond acceptors (Lipinski definition) is 2. The van der Waals surface area contributed by atoms with E-state index in [0.717, 1.165) is 22.5 Å². The molecule has 1 N–H and O–H groups in total. The first-order valence-electron chi connectivity index (χ1n) is 6.79.